The van der Waals surface area contributed by atoms with Gasteiger partial charge in [-0.1, -0.05) is 18.3 Å². The van der Waals surface area contributed by atoms with Crippen LogP contribution in [0.15, 0.2) is 28.5 Å². The van der Waals surface area contributed by atoms with E-state index >= 15 is 0 Å². The molecule has 0 spiro atoms. The maximum atomic E-state index is 12.5. The van der Waals surface area contributed by atoms with E-state index in [9.17, 15) is 13.2 Å². The number of amides is 2. The standard InChI is InChI=1S/C17H24N4O4S2/c1-6-11-25-14-9-7-13(8-10-14)19-16(22)21(5)17-18-12(2)15(26-17)27(23,24)20(3)4/h7-10H,6,11H2,1-5H3,(H,19,22). The van der Waals surface area contributed by atoms with Crippen LogP contribution >= 0.6 is 11.3 Å². The molecule has 8 nitrogen and oxygen atoms in total. The molecule has 10 heteroatoms. The van der Waals surface area contributed by atoms with Gasteiger partial charge in [0.15, 0.2) is 9.34 Å². The Bertz CT molecular complexity index is 892. The lowest BCUT2D eigenvalue weighted by atomic mass is 10.3. The van der Waals surface area contributed by atoms with Crippen LogP contribution in [0.1, 0.15) is 19.0 Å². The summed E-state index contributed by atoms with van der Waals surface area (Å²) in [5, 5.41) is 3.05. The molecule has 0 unspecified atom stereocenters. The molecule has 0 radical (unpaired) electrons. The van der Waals surface area contributed by atoms with Gasteiger partial charge in [0.25, 0.3) is 10.0 Å². The van der Waals surface area contributed by atoms with Crippen molar-refractivity contribution in [3.05, 3.63) is 30.0 Å². The van der Waals surface area contributed by atoms with Crippen molar-refractivity contribution in [2.24, 2.45) is 0 Å². The topological polar surface area (TPSA) is 91.8 Å². The highest BCUT2D eigenvalue weighted by atomic mass is 32.2. The Morgan fingerprint density at radius 2 is 1.85 bits per heavy atom. The van der Waals surface area contributed by atoms with E-state index in [1.54, 1.807) is 38.2 Å². The molecule has 1 heterocycles. The smallest absolute Gasteiger partial charge is 0.327 e. The van der Waals surface area contributed by atoms with E-state index in [1.807, 2.05) is 6.92 Å². The Labute approximate surface area is 163 Å². The number of anilines is 2. The van der Waals surface area contributed by atoms with Crippen molar-refractivity contribution in [1.82, 2.24) is 9.29 Å². The molecule has 27 heavy (non-hydrogen) atoms. The first-order valence-electron chi connectivity index (χ1n) is 8.34. The number of carbonyl (C=O) groups excluding carboxylic acids is 1. The number of rotatable bonds is 7. The number of sulfonamides is 1. The molecule has 2 amide bonds. The van der Waals surface area contributed by atoms with Crippen LogP contribution in [0.3, 0.4) is 0 Å². The van der Waals surface area contributed by atoms with Crippen molar-refractivity contribution < 1.29 is 17.9 Å². The van der Waals surface area contributed by atoms with Crippen LogP contribution < -0.4 is 15.0 Å². The highest BCUT2D eigenvalue weighted by Gasteiger charge is 2.26. The van der Waals surface area contributed by atoms with E-state index in [4.69, 9.17) is 4.74 Å². The Balaban J connectivity index is 2.11. The Kier molecular flexibility index (Phi) is 6.79. The molecule has 148 valence electrons. The average molecular weight is 413 g/mol. The molecule has 0 aliphatic heterocycles. The fourth-order valence-corrected chi connectivity index (χ4v) is 4.67. The molecule has 2 aromatic rings. The minimum absolute atomic E-state index is 0.125. The molecule has 0 bridgehead atoms. The van der Waals surface area contributed by atoms with E-state index in [1.165, 1.54) is 19.0 Å². The number of carbonyl (C=O) groups is 1. The van der Waals surface area contributed by atoms with Gasteiger partial charge in [0.2, 0.25) is 0 Å². The van der Waals surface area contributed by atoms with Gasteiger partial charge in [-0.25, -0.2) is 22.5 Å². The normalized spacial score (nSPS) is 11.5. The number of aromatic nitrogens is 1. The molecule has 2 rings (SSSR count). The van der Waals surface area contributed by atoms with Crippen molar-refractivity contribution >= 4 is 38.2 Å². The highest BCUT2D eigenvalue weighted by molar-refractivity contribution is 7.91. The summed E-state index contributed by atoms with van der Waals surface area (Å²) in [5.74, 6) is 0.734. The molecule has 1 aromatic heterocycles. The zero-order valence-electron chi connectivity index (χ0n) is 16.0. The van der Waals surface area contributed by atoms with Gasteiger partial charge in [0.05, 0.1) is 12.3 Å². The van der Waals surface area contributed by atoms with Crippen LogP contribution in [-0.4, -0.2) is 51.5 Å². The second-order valence-electron chi connectivity index (χ2n) is 6.02. The molecule has 1 N–H and O–H groups in total. The molecule has 0 saturated carbocycles. The molecular weight excluding hydrogens is 388 g/mol. The predicted octanol–water partition coefficient (Wildman–Crippen LogP) is 3.16. The number of nitrogens with one attached hydrogen (secondary N) is 1. The van der Waals surface area contributed by atoms with E-state index in [0.29, 0.717) is 23.1 Å². The van der Waals surface area contributed by atoms with Gasteiger partial charge < -0.3 is 10.1 Å². The van der Waals surface area contributed by atoms with Gasteiger partial charge in [-0.2, -0.15) is 0 Å². The number of aryl methyl sites for hydroxylation is 1. The Morgan fingerprint density at radius 3 is 2.41 bits per heavy atom. The van der Waals surface area contributed by atoms with Gasteiger partial charge in [0, 0.05) is 26.8 Å². The quantitative estimate of drug-likeness (QED) is 0.754. The first-order chi connectivity index (χ1) is 12.7. The zero-order chi connectivity index (χ0) is 20.2. The molecular formula is C17H24N4O4S2. The number of hydrogen-bond donors (Lipinski definition) is 1. The summed E-state index contributed by atoms with van der Waals surface area (Å²) in [6, 6.07) is 6.62. The van der Waals surface area contributed by atoms with Crippen molar-refractivity contribution in [2.75, 3.05) is 38.0 Å². The third kappa shape index (κ3) is 4.96. The van der Waals surface area contributed by atoms with Gasteiger partial charge >= 0.3 is 6.03 Å². The summed E-state index contributed by atoms with van der Waals surface area (Å²) in [6.45, 7) is 4.27. The summed E-state index contributed by atoms with van der Waals surface area (Å²) >= 11 is 0.958. The van der Waals surface area contributed by atoms with Gasteiger partial charge in [-0.15, -0.1) is 0 Å². The van der Waals surface area contributed by atoms with Gasteiger partial charge in [-0.05, 0) is 37.6 Å². The van der Waals surface area contributed by atoms with Crippen LogP contribution in [0, 0.1) is 6.92 Å². The van der Waals surface area contributed by atoms with Crippen LogP contribution in [0.5, 0.6) is 5.75 Å². The molecule has 0 atom stereocenters. The molecule has 0 fully saturated rings. The number of benzene rings is 1. The fourth-order valence-electron chi connectivity index (χ4n) is 2.07. The number of thiazole rings is 1. The minimum Gasteiger partial charge on any atom is -0.494 e. The fraction of sp³-hybridized carbons (Fsp3) is 0.412. The van der Waals surface area contributed by atoms with Crippen molar-refractivity contribution in [3.63, 3.8) is 0 Å². The molecule has 0 aliphatic rings. The van der Waals surface area contributed by atoms with Gasteiger partial charge in [-0.3, -0.25) is 4.90 Å². The maximum Gasteiger partial charge on any atom is 0.327 e. The second-order valence-corrected chi connectivity index (χ2v) is 9.34. The van der Waals surface area contributed by atoms with Crippen molar-refractivity contribution in [3.8, 4) is 5.75 Å². The molecule has 0 saturated heterocycles. The number of ether oxygens (including phenoxy) is 1. The highest BCUT2D eigenvalue weighted by Crippen LogP contribution is 2.31. The predicted molar refractivity (Wildman–Crippen MR) is 107 cm³/mol. The number of urea groups is 1. The van der Waals surface area contributed by atoms with Crippen molar-refractivity contribution in [2.45, 2.75) is 24.5 Å². The van der Waals surface area contributed by atoms with Crippen LogP contribution in [0.4, 0.5) is 15.6 Å². The lowest BCUT2D eigenvalue weighted by Gasteiger charge is -2.15. The number of nitrogens with zero attached hydrogens (tertiary/aromatic N) is 3. The lowest BCUT2D eigenvalue weighted by molar-refractivity contribution is 0.258. The second kappa shape index (κ2) is 8.68. The number of hydrogen-bond acceptors (Lipinski definition) is 6. The summed E-state index contributed by atoms with van der Waals surface area (Å²) in [4.78, 5) is 18.0. The van der Waals surface area contributed by atoms with E-state index < -0.39 is 16.1 Å². The molecule has 1 aromatic carbocycles. The summed E-state index contributed by atoms with van der Waals surface area (Å²) < 4.78 is 31.4. The summed E-state index contributed by atoms with van der Waals surface area (Å²) in [5.41, 5.74) is 0.964. The monoisotopic (exact) mass is 412 g/mol. The minimum atomic E-state index is -3.60. The first-order valence-corrected chi connectivity index (χ1v) is 10.6. The van der Waals surface area contributed by atoms with E-state index in [-0.39, 0.29) is 4.21 Å². The summed E-state index contributed by atoms with van der Waals surface area (Å²) in [6.07, 6.45) is 0.919. The van der Waals surface area contributed by atoms with Crippen LogP contribution in [0.25, 0.3) is 0 Å². The van der Waals surface area contributed by atoms with Crippen molar-refractivity contribution in [1.29, 1.82) is 0 Å². The van der Waals surface area contributed by atoms with Gasteiger partial charge in [0.1, 0.15) is 5.75 Å². The summed E-state index contributed by atoms with van der Waals surface area (Å²) in [7, 11) is 0.853. The van der Waals surface area contributed by atoms with E-state index in [0.717, 1.165) is 27.8 Å². The third-order valence-corrected chi connectivity index (χ3v) is 7.26. The Morgan fingerprint density at radius 1 is 1.22 bits per heavy atom. The SMILES string of the molecule is CCCOc1ccc(NC(=O)N(C)c2nc(C)c(S(=O)(=O)N(C)C)s2)cc1. The van der Waals surface area contributed by atoms with Crippen LogP contribution in [0.2, 0.25) is 0 Å². The first kappa shape index (κ1) is 21.1. The van der Waals surface area contributed by atoms with E-state index in [2.05, 4.69) is 10.3 Å². The van der Waals surface area contributed by atoms with Crippen LogP contribution in [-0.2, 0) is 10.0 Å². The average Bonchev–Trinajstić information content (AvgIpc) is 3.02. The largest absolute Gasteiger partial charge is 0.494 e. The lowest BCUT2D eigenvalue weighted by Crippen LogP contribution is -2.31. The Hall–Kier alpha value is -2.17. The molecule has 0 aliphatic carbocycles. The third-order valence-electron chi connectivity index (χ3n) is 3.63. The maximum absolute atomic E-state index is 12.5. The zero-order valence-corrected chi connectivity index (χ0v) is 17.6.